The van der Waals surface area contributed by atoms with Crippen molar-refractivity contribution in [2.24, 2.45) is 0 Å². The molecule has 0 spiro atoms. The van der Waals surface area contributed by atoms with E-state index < -0.39 is 5.82 Å². The third-order valence-corrected chi connectivity index (χ3v) is 6.01. The molecule has 34 heavy (non-hydrogen) atoms. The van der Waals surface area contributed by atoms with Crippen molar-refractivity contribution >= 4 is 29.0 Å². The number of carbonyl (C=O) groups is 3. The molecule has 0 aliphatic carbocycles. The number of hydrogen-bond donors (Lipinski definition) is 1. The molecule has 1 aliphatic heterocycles. The number of carbonyl (C=O) groups excluding carboxylic acids is 3. The van der Waals surface area contributed by atoms with Gasteiger partial charge in [-0.15, -0.1) is 0 Å². The van der Waals surface area contributed by atoms with Crippen LogP contribution in [0.25, 0.3) is 0 Å². The molecular weight excluding hydrogens is 435 g/mol. The van der Waals surface area contributed by atoms with Crippen molar-refractivity contribution in [3.8, 4) is 0 Å². The molecule has 0 radical (unpaired) electrons. The highest BCUT2D eigenvalue weighted by atomic mass is 19.1. The molecule has 2 aromatic carbocycles. The molecule has 0 aromatic heterocycles. The number of Topliss-reactive ketones (excluding diaryl/α,β-unsaturated/α-hetero) is 1. The summed E-state index contributed by atoms with van der Waals surface area (Å²) in [6.45, 7) is 8.26. The number of rotatable bonds is 9. The van der Waals surface area contributed by atoms with Crippen LogP contribution in [0.1, 0.15) is 36.2 Å². The molecule has 1 N–H and O–H groups in total. The molecule has 2 amide bonds. The van der Waals surface area contributed by atoms with Gasteiger partial charge in [-0.2, -0.15) is 0 Å². The number of para-hydroxylation sites is 1. The van der Waals surface area contributed by atoms with E-state index in [0.717, 1.165) is 17.7 Å². The summed E-state index contributed by atoms with van der Waals surface area (Å²) in [5.74, 6) is -0.791. The number of hydrogen-bond acceptors (Lipinski definition) is 5. The monoisotopic (exact) mass is 468 g/mol. The summed E-state index contributed by atoms with van der Waals surface area (Å²) in [6, 6.07) is 12.1. The number of nitrogens with zero attached hydrogens (tertiary/aromatic N) is 3. The van der Waals surface area contributed by atoms with Gasteiger partial charge in [0.25, 0.3) is 0 Å². The minimum Gasteiger partial charge on any atom is -0.366 e. The molecule has 1 heterocycles. The fraction of sp³-hybridized carbons (Fsp3) is 0.423. The summed E-state index contributed by atoms with van der Waals surface area (Å²) in [4.78, 5) is 42.5. The van der Waals surface area contributed by atoms with Crippen molar-refractivity contribution in [3.05, 3.63) is 59.4 Å². The maximum absolute atomic E-state index is 14.5. The number of piperazine rings is 1. The Morgan fingerprint density at radius 1 is 1.03 bits per heavy atom. The molecule has 182 valence electrons. The molecule has 1 aliphatic rings. The van der Waals surface area contributed by atoms with Gasteiger partial charge in [-0.25, -0.2) is 4.39 Å². The summed E-state index contributed by atoms with van der Waals surface area (Å²) in [5, 5.41) is 2.92. The Hall–Kier alpha value is -3.26. The van der Waals surface area contributed by atoms with Crippen LogP contribution < -0.4 is 10.2 Å². The van der Waals surface area contributed by atoms with Crippen molar-refractivity contribution in [2.45, 2.75) is 27.2 Å². The minimum absolute atomic E-state index is 0.0378. The predicted octanol–water partition coefficient (Wildman–Crippen LogP) is 3.34. The molecule has 0 unspecified atom stereocenters. The lowest BCUT2D eigenvalue weighted by Crippen LogP contribution is -2.52. The number of halogens is 1. The lowest BCUT2D eigenvalue weighted by atomic mass is 10.1. The van der Waals surface area contributed by atoms with E-state index in [0.29, 0.717) is 44.0 Å². The first-order valence-electron chi connectivity index (χ1n) is 11.7. The van der Waals surface area contributed by atoms with E-state index in [1.54, 1.807) is 17.0 Å². The lowest BCUT2D eigenvalue weighted by molar-refractivity contribution is -0.133. The number of benzene rings is 2. The Morgan fingerprint density at radius 2 is 1.74 bits per heavy atom. The molecule has 1 fully saturated rings. The first-order valence-corrected chi connectivity index (χ1v) is 11.7. The quantitative estimate of drug-likeness (QED) is 0.572. The molecule has 1 saturated heterocycles. The normalized spacial score (nSPS) is 13.8. The predicted molar refractivity (Wildman–Crippen MR) is 132 cm³/mol. The zero-order valence-corrected chi connectivity index (χ0v) is 20.1. The van der Waals surface area contributed by atoms with Crippen LogP contribution in [0.15, 0.2) is 42.5 Å². The number of amides is 2. The van der Waals surface area contributed by atoms with Crippen molar-refractivity contribution in [1.82, 2.24) is 9.80 Å². The van der Waals surface area contributed by atoms with Crippen LogP contribution in [0.5, 0.6) is 0 Å². The van der Waals surface area contributed by atoms with E-state index in [9.17, 15) is 18.8 Å². The molecule has 0 atom stereocenters. The second-order valence-corrected chi connectivity index (χ2v) is 8.66. The maximum Gasteiger partial charge on any atom is 0.238 e. The van der Waals surface area contributed by atoms with E-state index in [1.807, 2.05) is 47.9 Å². The topological polar surface area (TPSA) is 73.0 Å². The van der Waals surface area contributed by atoms with Crippen LogP contribution >= 0.6 is 0 Å². The average Bonchev–Trinajstić information content (AvgIpc) is 2.80. The first-order chi connectivity index (χ1) is 16.3. The number of nitrogens with one attached hydrogen (secondary N) is 1. The fourth-order valence-corrected chi connectivity index (χ4v) is 4.11. The van der Waals surface area contributed by atoms with Gasteiger partial charge in [-0.05, 0) is 56.6 Å². The van der Waals surface area contributed by atoms with Gasteiger partial charge in [0.1, 0.15) is 5.82 Å². The van der Waals surface area contributed by atoms with Crippen LogP contribution in [-0.2, 0) is 9.59 Å². The van der Waals surface area contributed by atoms with E-state index >= 15 is 0 Å². The van der Waals surface area contributed by atoms with E-state index in [4.69, 9.17) is 0 Å². The van der Waals surface area contributed by atoms with Gasteiger partial charge in [0.05, 0.1) is 18.8 Å². The van der Waals surface area contributed by atoms with Crippen LogP contribution in [0.3, 0.4) is 0 Å². The van der Waals surface area contributed by atoms with Crippen molar-refractivity contribution < 1.29 is 18.8 Å². The largest absolute Gasteiger partial charge is 0.366 e. The second-order valence-electron chi connectivity index (χ2n) is 8.66. The van der Waals surface area contributed by atoms with E-state index in [2.05, 4.69) is 5.32 Å². The molecule has 8 heteroatoms. The van der Waals surface area contributed by atoms with Crippen LogP contribution in [0, 0.1) is 12.7 Å². The Morgan fingerprint density at radius 3 is 2.35 bits per heavy atom. The van der Waals surface area contributed by atoms with Gasteiger partial charge < -0.3 is 15.1 Å². The van der Waals surface area contributed by atoms with E-state index in [-0.39, 0.29) is 30.7 Å². The van der Waals surface area contributed by atoms with Gasteiger partial charge in [-0.3, -0.25) is 19.3 Å². The smallest absolute Gasteiger partial charge is 0.238 e. The highest BCUT2D eigenvalue weighted by molar-refractivity contribution is 5.94. The second kappa shape index (κ2) is 11.7. The minimum atomic E-state index is -0.429. The Labute approximate surface area is 200 Å². The van der Waals surface area contributed by atoms with Gasteiger partial charge in [0.2, 0.25) is 11.8 Å². The van der Waals surface area contributed by atoms with Crippen molar-refractivity contribution in [2.75, 3.05) is 56.0 Å². The summed E-state index contributed by atoms with van der Waals surface area (Å²) in [5.41, 5.74) is 2.55. The molecule has 2 aromatic rings. The Kier molecular flexibility index (Phi) is 8.76. The Bertz CT molecular complexity index is 1030. The first kappa shape index (κ1) is 25.4. The molecule has 7 nitrogen and oxygen atoms in total. The van der Waals surface area contributed by atoms with Gasteiger partial charge in [-0.1, -0.05) is 25.1 Å². The van der Waals surface area contributed by atoms with Gasteiger partial charge in [0, 0.05) is 37.4 Å². The third-order valence-electron chi connectivity index (χ3n) is 6.01. The van der Waals surface area contributed by atoms with Crippen molar-refractivity contribution in [3.63, 3.8) is 0 Å². The van der Waals surface area contributed by atoms with Crippen LogP contribution in [-0.4, -0.2) is 73.2 Å². The summed E-state index contributed by atoms with van der Waals surface area (Å²) < 4.78 is 14.5. The zero-order valence-electron chi connectivity index (χ0n) is 20.1. The fourth-order valence-electron chi connectivity index (χ4n) is 4.11. The molecule has 0 saturated carbocycles. The van der Waals surface area contributed by atoms with Crippen molar-refractivity contribution in [1.29, 1.82) is 0 Å². The standard InChI is InChI=1S/C26H33FN4O3/c1-4-11-29(17-25(33)28-23-8-6-5-7-19(23)2)18-26(34)31-14-12-30(13-15-31)24-10-9-21(20(3)32)16-22(24)27/h5-10,16H,4,11-15,17-18H2,1-3H3,(H,28,33). The summed E-state index contributed by atoms with van der Waals surface area (Å²) in [6.07, 6.45) is 0.828. The van der Waals surface area contributed by atoms with Crippen LogP contribution in [0.4, 0.5) is 15.8 Å². The maximum atomic E-state index is 14.5. The zero-order chi connectivity index (χ0) is 24.7. The Balaban J connectivity index is 1.53. The SMILES string of the molecule is CCCN(CC(=O)Nc1ccccc1C)CC(=O)N1CCN(c2ccc(C(C)=O)cc2F)CC1. The molecular formula is C26H33FN4O3. The average molecular weight is 469 g/mol. The van der Waals surface area contributed by atoms with Gasteiger partial charge in [0.15, 0.2) is 5.78 Å². The van der Waals surface area contributed by atoms with E-state index in [1.165, 1.54) is 13.0 Å². The third kappa shape index (κ3) is 6.63. The number of ketones is 1. The highest BCUT2D eigenvalue weighted by Crippen LogP contribution is 2.22. The highest BCUT2D eigenvalue weighted by Gasteiger charge is 2.25. The molecule has 3 rings (SSSR count). The molecule has 0 bridgehead atoms. The van der Waals surface area contributed by atoms with Gasteiger partial charge >= 0.3 is 0 Å². The summed E-state index contributed by atoms with van der Waals surface area (Å²) >= 11 is 0. The number of anilines is 2. The summed E-state index contributed by atoms with van der Waals surface area (Å²) in [7, 11) is 0. The lowest BCUT2D eigenvalue weighted by Gasteiger charge is -2.37. The van der Waals surface area contributed by atoms with Crippen LogP contribution in [0.2, 0.25) is 0 Å². The number of aryl methyl sites for hydroxylation is 1.